The number of hydrogen-bond acceptors (Lipinski definition) is 3. The molecule has 2 heterocycles. The fourth-order valence-electron chi connectivity index (χ4n) is 3.36. The Morgan fingerprint density at radius 3 is 2.74 bits per heavy atom. The molecule has 0 amide bonds. The van der Waals surface area contributed by atoms with Gasteiger partial charge in [0, 0.05) is 23.4 Å². The van der Waals surface area contributed by atoms with E-state index in [9.17, 15) is 0 Å². The summed E-state index contributed by atoms with van der Waals surface area (Å²) in [4.78, 5) is 0. The monoisotopic (exact) mass is 326 g/mol. The summed E-state index contributed by atoms with van der Waals surface area (Å²) in [6.07, 6.45) is 2.97. The standard InChI is InChI=1S/C19H19ClN2O/c1-2-5-19-22-17(15-6-3-4-7-18(15)23-19)12-16(21-22)13-8-10-14(20)11-9-13/h3-4,6-11,17,19H,2,5,12H2,1H3/t17-,19+/m1/s1. The Balaban J connectivity index is 1.71. The number of fused-ring (bicyclic) bond motifs is 3. The third-order valence-electron chi connectivity index (χ3n) is 4.49. The van der Waals surface area contributed by atoms with Gasteiger partial charge in [0.05, 0.1) is 11.8 Å². The van der Waals surface area contributed by atoms with Crippen molar-refractivity contribution in [3.8, 4) is 5.75 Å². The van der Waals surface area contributed by atoms with Gasteiger partial charge in [-0.05, 0) is 23.8 Å². The Bertz CT molecular complexity index is 741. The summed E-state index contributed by atoms with van der Waals surface area (Å²) in [7, 11) is 0. The van der Waals surface area contributed by atoms with Gasteiger partial charge in [-0.3, -0.25) is 5.01 Å². The Hall–Kier alpha value is -2.00. The van der Waals surface area contributed by atoms with Crippen LogP contribution in [0.1, 0.15) is 43.4 Å². The molecule has 0 saturated heterocycles. The minimum absolute atomic E-state index is 0.0182. The average Bonchev–Trinajstić information content (AvgIpc) is 3.02. The topological polar surface area (TPSA) is 24.8 Å². The Labute approximate surface area is 141 Å². The maximum absolute atomic E-state index is 6.19. The second-order valence-electron chi connectivity index (χ2n) is 6.05. The average molecular weight is 327 g/mol. The maximum atomic E-state index is 6.19. The zero-order chi connectivity index (χ0) is 15.8. The van der Waals surface area contributed by atoms with Gasteiger partial charge >= 0.3 is 0 Å². The molecule has 0 aliphatic carbocycles. The van der Waals surface area contributed by atoms with E-state index in [1.165, 1.54) is 5.56 Å². The number of rotatable bonds is 3. The molecule has 0 N–H and O–H groups in total. The van der Waals surface area contributed by atoms with E-state index in [1.807, 2.05) is 30.3 Å². The van der Waals surface area contributed by atoms with Crippen LogP contribution in [-0.4, -0.2) is 16.9 Å². The molecule has 118 valence electrons. The van der Waals surface area contributed by atoms with E-state index in [2.05, 4.69) is 30.1 Å². The molecule has 2 aliphatic rings. The lowest BCUT2D eigenvalue weighted by Crippen LogP contribution is -2.40. The molecule has 0 aromatic heterocycles. The number of para-hydroxylation sites is 1. The first-order valence-electron chi connectivity index (χ1n) is 8.13. The summed E-state index contributed by atoms with van der Waals surface area (Å²) in [5.41, 5.74) is 3.47. The summed E-state index contributed by atoms with van der Waals surface area (Å²) in [5.74, 6) is 1.000. The van der Waals surface area contributed by atoms with Crippen molar-refractivity contribution in [2.24, 2.45) is 5.10 Å². The molecule has 2 aromatic rings. The first kappa shape index (κ1) is 14.6. The van der Waals surface area contributed by atoms with Crippen molar-refractivity contribution in [2.45, 2.75) is 38.5 Å². The minimum atomic E-state index is 0.0182. The molecular weight excluding hydrogens is 308 g/mol. The van der Waals surface area contributed by atoms with Crippen LogP contribution < -0.4 is 4.74 Å². The van der Waals surface area contributed by atoms with Crippen molar-refractivity contribution in [3.63, 3.8) is 0 Å². The molecule has 3 nitrogen and oxygen atoms in total. The predicted molar refractivity (Wildman–Crippen MR) is 93.0 cm³/mol. The van der Waals surface area contributed by atoms with Crippen molar-refractivity contribution in [2.75, 3.05) is 0 Å². The Morgan fingerprint density at radius 1 is 1.17 bits per heavy atom. The van der Waals surface area contributed by atoms with E-state index < -0.39 is 0 Å². The van der Waals surface area contributed by atoms with E-state index in [0.29, 0.717) is 0 Å². The number of nitrogens with zero attached hydrogens (tertiary/aromatic N) is 2. The van der Waals surface area contributed by atoms with Crippen LogP contribution in [0.4, 0.5) is 0 Å². The summed E-state index contributed by atoms with van der Waals surface area (Å²) in [6, 6.07) is 16.5. The van der Waals surface area contributed by atoms with E-state index in [4.69, 9.17) is 21.4 Å². The van der Waals surface area contributed by atoms with Crippen molar-refractivity contribution in [1.82, 2.24) is 5.01 Å². The van der Waals surface area contributed by atoms with Crippen LogP contribution in [0.25, 0.3) is 0 Å². The first-order valence-corrected chi connectivity index (χ1v) is 8.51. The molecule has 0 spiro atoms. The largest absolute Gasteiger partial charge is 0.469 e. The van der Waals surface area contributed by atoms with Gasteiger partial charge in [0.25, 0.3) is 0 Å². The highest BCUT2D eigenvalue weighted by molar-refractivity contribution is 6.30. The van der Waals surface area contributed by atoms with Gasteiger partial charge in [-0.25, -0.2) is 0 Å². The highest BCUT2D eigenvalue weighted by Gasteiger charge is 2.39. The first-order chi connectivity index (χ1) is 11.3. The van der Waals surface area contributed by atoms with E-state index in [0.717, 1.165) is 41.3 Å². The van der Waals surface area contributed by atoms with Crippen molar-refractivity contribution < 1.29 is 4.74 Å². The molecule has 4 heteroatoms. The van der Waals surface area contributed by atoms with Crippen molar-refractivity contribution in [1.29, 1.82) is 0 Å². The normalized spacial score (nSPS) is 22.2. The third kappa shape index (κ3) is 2.59. The molecule has 2 aliphatic heterocycles. The van der Waals surface area contributed by atoms with Gasteiger partial charge in [0.1, 0.15) is 5.75 Å². The molecule has 0 fully saturated rings. The highest BCUT2D eigenvalue weighted by Crippen LogP contribution is 2.43. The molecule has 23 heavy (non-hydrogen) atoms. The zero-order valence-corrected chi connectivity index (χ0v) is 13.8. The van der Waals surface area contributed by atoms with E-state index in [1.54, 1.807) is 0 Å². The minimum Gasteiger partial charge on any atom is -0.469 e. The smallest absolute Gasteiger partial charge is 0.187 e. The summed E-state index contributed by atoms with van der Waals surface area (Å²) in [6.45, 7) is 2.18. The Morgan fingerprint density at radius 2 is 1.96 bits per heavy atom. The van der Waals surface area contributed by atoms with Crippen molar-refractivity contribution in [3.05, 3.63) is 64.7 Å². The highest BCUT2D eigenvalue weighted by atomic mass is 35.5. The molecule has 0 saturated carbocycles. The van der Waals surface area contributed by atoms with Crippen LogP contribution in [-0.2, 0) is 0 Å². The third-order valence-corrected chi connectivity index (χ3v) is 4.74. The molecule has 2 aromatic carbocycles. The molecule has 0 radical (unpaired) electrons. The summed E-state index contributed by atoms with van der Waals surface area (Å²) >= 11 is 6.00. The van der Waals surface area contributed by atoms with Gasteiger partial charge in [-0.2, -0.15) is 5.10 Å². The van der Waals surface area contributed by atoms with Gasteiger partial charge in [0.15, 0.2) is 6.23 Å². The van der Waals surface area contributed by atoms with Gasteiger partial charge < -0.3 is 4.74 Å². The van der Waals surface area contributed by atoms with Crippen LogP contribution in [0.5, 0.6) is 5.75 Å². The molecule has 0 bridgehead atoms. The number of ether oxygens (including phenoxy) is 1. The van der Waals surface area contributed by atoms with Gasteiger partial charge in [-0.15, -0.1) is 0 Å². The molecular formula is C19H19ClN2O. The second-order valence-corrected chi connectivity index (χ2v) is 6.49. The lowest BCUT2D eigenvalue weighted by Gasteiger charge is -2.38. The lowest BCUT2D eigenvalue weighted by atomic mass is 9.96. The van der Waals surface area contributed by atoms with Crippen LogP contribution in [0.2, 0.25) is 5.02 Å². The lowest BCUT2D eigenvalue weighted by molar-refractivity contribution is -0.0223. The van der Waals surface area contributed by atoms with Crippen LogP contribution in [0, 0.1) is 0 Å². The fraction of sp³-hybridized carbons (Fsp3) is 0.316. The van der Waals surface area contributed by atoms with Crippen LogP contribution in [0.3, 0.4) is 0 Å². The number of hydrazone groups is 1. The van der Waals surface area contributed by atoms with Gasteiger partial charge in [-0.1, -0.05) is 55.3 Å². The van der Waals surface area contributed by atoms with Gasteiger partial charge in [0.2, 0.25) is 0 Å². The second kappa shape index (κ2) is 5.89. The van der Waals surface area contributed by atoms with Crippen LogP contribution >= 0.6 is 11.6 Å². The predicted octanol–water partition coefficient (Wildman–Crippen LogP) is 5.01. The Kier molecular flexibility index (Phi) is 3.74. The fourth-order valence-corrected chi connectivity index (χ4v) is 3.49. The SMILES string of the molecule is CCC[C@@H]1Oc2ccccc2[C@H]2CC(c3ccc(Cl)cc3)=NN12. The zero-order valence-electron chi connectivity index (χ0n) is 13.1. The molecule has 4 rings (SSSR count). The van der Waals surface area contributed by atoms with E-state index in [-0.39, 0.29) is 12.3 Å². The molecule has 2 atom stereocenters. The summed E-state index contributed by atoms with van der Waals surface area (Å²) < 4.78 is 6.19. The molecule has 0 unspecified atom stereocenters. The van der Waals surface area contributed by atoms with Crippen LogP contribution in [0.15, 0.2) is 53.6 Å². The summed E-state index contributed by atoms with van der Waals surface area (Å²) in [5, 5.41) is 7.79. The maximum Gasteiger partial charge on any atom is 0.187 e. The quantitative estimate of drug-likeness (QED) is 0.792. The number of hydrogen-bond donors (Lipinski definition) is 0. The van der Waals surface area contributed by atoms with Crippen molar-refractivity contribution >= 4 is 17.3 Å². The number of benzene rings is 2. The van der Waals surface area contributed by atoms with E-state index >= 15 is 0 Å². The number of halogens is 1.